The van der Waals surface area contributed by atoms with Crippen molar-refractivity contribution in [1.29, 1.82) is 0 Å². The Kier molecular flexibility index (Phi) is 4.67. The summed E-state index contributed by atoms with van der Waals surface area (Å²) < 4.78 is 0. The molecular weight excluding hydrogens is 230 g/mol. The molecule has 5 nitrogen and oxygen atoms in total. The van der Waals surface area contributed by atoms with Gasteiger partial charge in [0.1, 0.15) is 6.29 Å². The number of carbonyl (C=O) groups is 4. The van der Waals surface area contributed by atoms with Gasteiger partial charge in [-0.25, -0.2) is 0 Å². The highest BCUT2D eigenvalue weighted by Gasteiger charge is 2.39. The predicted molar refractivity (Wildman–Crippen MR) is 58.9 cm³/mol. The first-order valence-electron chi connectivity index (χ1n) is 5.01. The summed E-state index contributed by atoms with van der Waals surface area (Å²) in [5.41, 5.74) is 0. The minimum atomic E-state index is -0.498. The minimum Gasteiger partial charge on any atom is -0.302 e. The van der Waals surface area contributed by atoms with Crippen LogP contribution in [0.25, 0.3) is 0 Å². The molecule has 6 heteroatoms. The van der Waals surface area contributed by atoms with E-state index >= 15 is 0 Å². The molecule has 1 aliphatic heterocycles. The van der Waals surface area contributed by atoms with Gasteiger partial charge in [-0.15, -0.1) is 11.8 Å². The summed E-state index contributed by atoms with van der Waals surface area (Å²) in [4.78, 5) is 45.5. The van der Waals surface area contributed by atoms with E-state index in [9.17, 15) is 19.2 Å². The van der Waals surface area contributed by atoms with Gasteiger partial charge in [-0.1, -0.05) is 6.92 Å². The van der Waals surface area contributed by atoms with Gasteiger partial charge >= 0.3 is 0 Å². The van der Waals surface area contributed by atoms with Crippen LogP contribution in [0.5, 0.6) is 0 Å². The lowest BCUT2D eigenvalue weighted by Gasteiger charge is -2.12. The molecule has 1 unspecified atom stereocenters. The van der Waals surface area contributed by atoms with Gasteiger partial charge in [0.15, 0.2) is 5.78 Å². The molecule has 0 N–H and O–H groups in total. The number of aldehydes is 1. The van der Waals surface area contributed by atoms with E-state index < -0.39 is 5.25 Å². The molecule has 1 saturated heterocycles. The highest BCUT2D eigenvalue weighted by Crippen LogP contribution is 2.24. The molecule has 0 aromatic carbocycles. The first-order chi connectivity index (χ1) is 7.60. The Balaban J connectivity index is 2.60. The topological polar surface area (TPSA) is 71.5 Å². The number of ketones is 1. The highest BCUT2D eigenvalue weighted by atomic mass is 32.2. The normalized spacial score (nSPS) is 20.3. The van der Waals surface area contributed by atoms with Crippen LogP contribution in [-0.4, -0.2) is 46.3 Å². The number of nitrogens with zero attached hydrogens (tertiary/aromatic N) is 1. The predicted octanol–water partition coefficient (Wildman–Crippen LogP) is 0.0251. The molecule has 0 aliphatic carbocycles. The number of hydrogen-bond acceptors (Lipinski definition) is 5. The van der Waals surface area contributed by atoms with Gasteiger partial charge in [0.05, 0.1) is 11.8 Å². The summed E-state index contributed by atoms with van der Waals surface area (Å²) in [6, 6.07) is 0. The van der Waals surface area contributed by atoms with Crippen molar-refractivity contribution in [2.24, 2.45) is 0 Å². The number of Topliss-reactive ketones (excluding diaryl/α,β-unsaturated/α-hetero) is 1. The van der Waals surface area contributed by atoms with Crippen LogP contribution < -0.4 is 0 Å². The van der Waals surface area contributed by atoms with Crippen LogP contribution in [0.2, 0.25) is 0 Å². The number of imide groups is 1. The second kappa shape index (κ2) is 5.79. The van der Waals surface area contributed by atoms with Crippen molar-refractivity contribution in [2.45, 2.75) is 25.0 Å². The summed E-state index contributed by atoms with van der Waals surface area (Å²) >= 11 is 1.14. The maximum absolute atomic E-state index is 11.7. The molecule has 0 aromatic rings. The largest absolute Gasteiger partial charge is 0.302 e. The quantitative estimate of drug-likeness (QED) is 0.486. The zero-order valence-electron chi connectivity index (χ0n) is 8.97. The number of carbonyl (C=O) groups excluding carboxylic acids is 4. The summed E-state index contributed by atoms with van der Waals surface area (Å²) in [5, 5.41) is -0.498. The standard InChI is InChI=1S/C10H13NO4S/c1-2-7(13)6-11-9(14)5-8(10(11)15)16-4-3-12/h3,8H,2,4-6H2,1H3. The maximum Gasteiger partial charge on any atom is 0.243 e. The number of amides is 2. The second-order valence-electron chi connectivity index (χ2n) is 3.40. The third kappa shape index (κ3) is 2.91. The number of hydrogen-bond donors (Lipinski definition) is 0. The van der Waals surface area contributed by atoms with Gasteiger partial charge in [0.25, 0.3) is 0 Å². The third-order valence-electron chi connectivity index (χ3n) is 2.30. The summed E-state index contributed by atoms with van der Waals surface area (Å²) in [6.07, 6.45) is 1.10. The average Bonchev–Trinajstić information content (AvgIpc) is 2.53. The first-order valence-corrected chi connectivity index (χ1v) is 6.06. The third-order valence-corrected chi connectivity index (χ3v) is 3.40. The van der Waals surface area contributed by atoms with Crippen LogP contribution in [0.1, 0.15) is 19.8 Å². The van der Waals surface area contributed by atoms with E-state index in [4.69, 9.17) is 0 Å². The van der Waals surface area contributed by atoms with Crippen LogP contribution in [-0.2, 0) is 19.2 Å². The van der Waals surface area contributed by atoms with Gasteiger partial charge in [0, 0.05) is 18.6 Å². The molecule has 1 fully saturated rings. The molecule has 16 heavy (non-hydrogen) atoms. The molecule has 1 rings (SSSR count). The smallest absolute Gasteiger partial charge is 0.243 e. The average molecular weight is 243 g/mol. The Morgan fingerprint density at radius 1 is 1.56 bits per heavy atom. The zero-order chi connectivity index (χ0) is 12.1. The van der Waals surface area contributed by atoms with E-state index in [0.717, 1.165) is 16.7 Å². The molecule has 0 spiro atoms. The fraction of sp³-hybridized carbons (Fsp3) is 0.600. The van der Waals surface area contributed by atoms with E-state index in [0.29, 0.717) is 12.7 Å². The Morgan fingerprint density at radius 2 is 2.25 bits per heavy atom. The van der Waals surface area contributed by atoms with Gasteiger partial charge < -0.3 is 4.79 Å². The minimum absolute atomic E-state index is 0.0916. The van der Waals surface area contributed by atoms with Crippen molar-refractivity contribution in [3.05, 3.63) is 0 Å². The van der Waals surface area contributed by atoms with Crippen LogP contribution in [0, 0.1) is 0 Å². The first kappa shape index (κ1) is 12.9. The molecule has 88 valence electrons. The lowest BCUT2D eigenvalue weighted by atomic mass is 10.3. The monoisotopic (exact) mass is 243 g/mol. The molecule has 1 atom stereocenters. The lowest BCUT2D eigenvalue weighted by Crippen LogP contribution is -2.35. The Hall–Kier alpha value is -1.17. The highest BCUT2D eigenvalue weighted by molar-refractivity contribution is 8.01. The summed E-state index contributed by atoms with van der Waals surface area (Å²) in [5.74, 6) is -0.615. The molecule has 2 amide bonds. The molecular formula is C10H13NO4S. The van der Waals surface area contributed by atoms with E-state index in [1.165, 1.54) is 0 Å². The molecule has 0 saturated carbocycles. The van der Waals surface area contributed by atoms with Gasteiger partial charge in [-0.3, -0.25) is 19.3 Å². The van der Waals surface area contributed by atoms with Crippen LogP contribution in [0.4, 0.5) is 0 Å². The van der Waals surface area contributed by atoms with E-state index in [1.54, 1.807) is 6.92 Å². The molecule has 1 aliphatic rings. The fourth-order valence-corrected chi connectivity index (χ4v) is 2.23. The van der Waals surface area contributed by atoms with Crippen molar-refractivity contribution in [2.75, 3.05) is 12.3 Å². The van der Waals surface area contributed by atoms with Crippen molar-refractivity contribution in [3.8, 4) is 0 Å². The second-order valence-corrected chi connectivity index (χ2v) is 4.64. The van der Waals surface area contributed by atoms with Crippen molar-refractivity contribution >= 4 is 35.6 Å². The SMILES string of the molecule is CCC(=O)CN1C(=O)CC(SCC=O)C1=O. The number of rotatable bonds is 6. The number of thioether (sulfide) groups is 1. The lowest BCUT2D eigenvalue weighted by molar-refractivity contribution is -0.141. The van der Waals surface area contributed by atoms with Gasteiger partial charge in [-0.2, -0.15) is 0 Å². The Labute approximate surface area is 97.5 Å². The number of likely N-dealkylation sites (tertiary alicyclic amines) is 1. The van der Waals surface area contributed by atoms with Crippen molar-refractivity contribution < 1.29 is 19.2 Å². The van der Waals surface area contributed by atoms with Gasteiger partial charge in [0.2, 0.25) is 11.8 Å². The maximum atomic E-state index is 11.7. The van der Waals surface area contributed by atoms with Crippen LogP contribution >= 0.6 is 11.8 Å². The zero-order valence-corrected chi connectivity index (χ0v) is 9.79. The van der Waals surface area contributed by atoms with E-state index in [1.807, 2.05) is 0 Å². The van der Waals surface area contributed by atoms with Crippen LogP contribution in [0.15, 0.2) is 0 Å². The van der Waals surface area contributed by atoms with E-state index in [-0.39, 0.29) is 36.3 Å². The molecule has 1 heterocycles. The van der Waals surface area contributed by atoms with Crippen LogP contribution in [0.3, 0.4) is 0 Å². The Bertz CT molecular complexity index is 329. The molecule has 0 radical (unpaired) electrons. The molecule has 0 bridgehead atoms. The fourth-order valence-electron chi connectivity index (χ4n) is 1.39. The summed E-state index contributed by atoms with van der Waals surface area (Å²) in [6.45, 7) is 1.55. The molecule has 0 aromatic heterocycles. The van der Waals surface area contributed by atoms with Crippen molar-refractivity contribution in [1.82, 2.24) is 4.90 Å². The van der Waals surface area contributed by atoms with E-state index in [2.05, 4.69) is 0 Å². The summed E-state index contributed by atoms with van der Waals surface area (Å²) in [7, 11) is 0. The van der Waals surface area contributed by atoms with Crippen molar-refractivity contribution in [3.63, 3.8) is 0 Å². The Morgan fingerprint density at radius 3 is 2.81 bits per heavy atom. The van der Waals surface area contributed by atoms with Gasteiger partial charge in [-0.05, 0) is 0 Å².